The molecule has 0 aromatic carbocycles. The van der Waals surface area contributed by atoms with E-state index in [0.717, 1.165) is 12.3 Å². The van der Waals surface area contributed by atoms with E-state index in [4.69, 9.17) is 17.3 Å². The van der Waals surface area contributed by atoms with Crippen LogP contribution < -0.4 is 16.0 Å². The van der Waals surface area contributed by atoms with Gasteiger partial charge in [0.05, 0.1) is 16.6 Å². The van der Waals surface area contributed by atoms with Gasteiger partial charge in [-0.3, -0.25) is 4.79 Å². The van der Waals surface area contributed by atoms with Crippen LogP contribution in [-0.4, -0.2) is 36.1 Å². The van der Waals surface area contributed by atoms with E-state index in [9.17, 15) is 18.0 Å². The molecule has 5 nitrogen and oxygen atoms in total. The Hall–Kier alpha value is -0.960. The van der Waals surface area contributed by atoms with E-state index in [1.54, 1.807) is 4.90 Å². The first kappa shape index (κ1) is 26.0. The van der Waals surface area contributed by atoms with Crippen LogP contribution in [0.3, 0.4) is 0 Å². The van der Waals surface area contributed by atoms with Crippen LogP contribution in [0.5, 0.6) is 0 Å². The lowest BCUT2D eigenvalue weighted by Gasteiger charge is -2.27. The molecule has 1 unspecified atom stereocenters. The van der Waals surface area contributed by atoms with E-state index >= 15 is 0 Å². The van der Waals surface area contributed by atoms with E-state index < -0.39 is 17.8 Å². The fraction of sp³-hybridized carbons (Fsp3) is 0.625. The van der Waals surface area contributed by atoms with Crippen molar-refractivity contribution in [2.24, 2.45) is 11.1 Å². The van der Waals surface area contributed by atoms with Crippen molar-refractivity contribution < 1.29 is 18.0 Å². The molecule has 1 amide bonds. The van der Waals surface area contributed by atoms with Gasteiger partial charge < -0.3 is 16.0 Å². The summed E-state index contributed by atoms with van der Waals surface area (Å²) in [7, 11) is 0. The smallest absolute Gasteiger partial charge is 0.353 e. The molecule has 1 fully saturated rings. The fourth-order valence-electron chi connectivity index (χ4n) is 2.57. The van der Waals surface area contributed by atoms with Gasteiger partial charge in [-0.05, 0) is 17.9 Å². The summed E-state index contributed by atoms with van der Waals surface area (Å²) in [6, 6.07) is 0.0704. The van der Waals surface area contributed by atoms with Crippen molar-refractivity contribution >= 4 is 48.1 Å². The van der Waals surface area contributed by atoms with Gasteiger partial charge in [-0.2, -0.15) is 13.2 Å². The third kappa shape index (κ3) is 6.55. The van der Waals surface area contributed by atoms with Crippen molar-refractivity contribution in [2.75, 3.05) is 18.0 Å². The molecular weight excluding hydrogens is 428 g/mol. The highest BCUT2D eigenvalue weighted by Crippen LogP contribution is 2.34. The highest BCUT2D eigenvalue weighted by Gasteiger charge is 2.34. The van der Waals surface area contributed by atoms with Crippen LogP contribution in [0.4, 0.5) is 19.0 Å². The van der Waals surface area contributed by atoms with Gasteiger partial charge in [0.2, 0.25) is 5.91 Å². The number of anilines is 1. The van der Waals surface area contributed by atoms with Gasteiger partial charge >= 0.3 is 6.18 Å². The molecule has 1 aliphatic rings. The molecule has 0 bridgehead atoms. The number of nitrogens with zero attached hydrogens (tertiary/aromatic N) is 2. The lowest BCUT2D eigenvalue weighted by molar-refractivity contribution is -0.137. The van der Waals surface area contributed by atoms with Crippen molar-refractivity contribution in [2.45, 2.75) is 45.5 Å². The molecule has 0 saturated carbocycles. The van der Waals surface area contributed by atoms with E-state index in [1.807, 2.05) is 20.8 Å². The molecule has 0 radical (unpaired) electrons. The van der Waals surface area contributed by atoms with Crippen molar-refractivity contribution in [3.63, 3.8) is 0 Å². The predicted octanol–water partition coefficient (Wildman–Crippen LogP) is 3.67. The maximum absolute atomic E-state index is 12.7. The zero-order valence-corrected chi connectivity index (χ0v) is 17.5. The van der Waals surface area contributed by atoms with Crippen LogP contribution >= 0.6 is 36.4 Å². The maximum atomic E-state index is 12.7. The lowest BCUT2D eigenvalue weighted by Crippen LogP contribution is -2.51. The largest absolute Gasteiger partial charge is 0.417 e. The molecule has 156 valence electrons. The average Bonchev–Trinajstić information content (AvgIpc) is 2.92. The second-order valence-electron chi connectivity index (χ2n) is 7.31. The first-order valence-electron chi connectivity index (χ1n) is 7.93. The number of hydrogen-bond donors (Lipinski definition) is 2. The molecule has 0 spiro atoms. The second-order valence-corrected chi connectivity index (χ2v) is 7.72. The molecule has 3 N–H and O–H groups in total. The van der Waals surface area contributed by atoms with Gasteiger partial charge in [-0.1, -0.05) is 32.4 Å². The third-order valence-corrected chi connectivity index (χ3v) is 4.48. The molecule has 0 aliphatic carbocycles. The van der Waals surface area contributed by atoms with Gasteiger partial charge in [0.15, 0.2) is 0 Å². The second kappa shape index (κ2) is 9.49. The number of alkyl halides is 3. The fourth-order valence-corrected chi connectivity index (χ4v) is 2.86. The van der Waals surface area contributed by atoms with E-state index in [1.165, 1.54) is 0 Å². The first-order chi connectivity index (χ1) is 11.4. The Morgan fingerprint density at radius 3 is 2.44 bits per heavy atom. The summed E-state index contributed by atoms with van der Waals surface area (Å²) >= 11 is 5.97. The third-order valence-electron chi connectivity index (χ3n) is 4.20. The molecule has 27 heavy (non-hydrogen) atoms. The zero-order chi connectivity index (χ0) is 19.0. The number of carbonyl (C=O) groups is 1. The topological polar surface area (TPSA) is 71.2 Å². The number of aromatic nitrogens is 1. The number of amides is 1. The molecule has 2 atom stereocenters. The SMILES string of the molecule is CC(C)(C)[C@H](N)C(=O)NC1CCN(c2ncc(C(F)(F)F)cc2Cl)C1.Cl.Cl. The molecule has 1 aliphatic heterocycles. The van der Waals surface area contributed by atoms with Crippen molar-refractivity contribution in [3.8, 4) is 0 Å². The minimum absolute atomic E-state index is 0. The van der Waals surface area contributed by atoms with E-state index in [-0.39, 0.29) is 53.0 Å². The zero-order valence-electron chi connectivity index (χ0n) is 15.1. The molecule has 1 aromatic rings. The number of nitrogens with two attached hydrogens (primary N) is 1. The Labute approximate surface area is 174 Å². The van der Waals surface area contributed by atoms with Gasteiger partial charge in [0.25, 0.3) is 0 Å². The molecule has 1 aromatic heterocycles. The molecular formula is C16H24Cl3F3N4O. The summed E-state index contributed by atoms with van der Waals surface area (Å²) in [6.45, 7) is 6.59. The lowest BCUT2D eigenvalue weighted by atomic mass is 9.87. The van der Waals surface area contributed by atoms with Crippen LogP contribution in [-0.2, 0) is 11.0 Å². The Morgan fingerprint density at radius 1 is 1.37 bits per heavy atom. The van der Waals surface area contributed by atoms with E-state index in [2.05, 4.69) is 10.3 Å². The van der Waals surface area contributed by atoms with Crippen LogP contribution in [0.1, 0.15) is 32.8 Å². The molecule has 2 heterocycles. The summed E-state index contributed by atoms with van der Waals surface area (Å²) in [5.41, 5.74) is 4.69. The summed E-state index contributed by atoms with van der Waals surface area (Å²) in [6.07, 6.45) is -3.08. The Morgan fingerprint density at radius 2 is 1.96 bits per heavy atom. The van der Waals surface area contributed by atoms with Crippen LogP contribution in [0, 0.1) is 5.41 Å². The molecule has 2 rings (SSSR count). The van der Waals surface area contributed by atoms with E-state index in [0.29, 0.717) is 19.5 Å². The van der Waals surface area contributed by atoms with Crippen LogP contribution in [0.25, 0.3) is 0 Å². The maximum Gasteiger partial charge on any atom is 0.417 e. The summed E-state index contributed by atoms with van der Waals surface area (Å²) < 4.78 is 38.0. The number of hydrogen-bond acceptors (Lipinski definition) is 4. The summed E-state index contributed by atoms with van der Waals surface area (Å²) in [4.78, 5) is 17.8. The Balaban J connectivity index is 0.00000338. The Kier molecular flexibility index (Phi) is 9.16. The number of halogens is 6. The van der Waals surface area contributed by atoms with Crippen LogP contribution in [0.2, 0.25) is 5.02 Å². The predicted molar refractivity (Wildman–Crippen MR) is 105 cm³/mol. The number of nitrogens with one attached hydrogen (secondary N) is 1. The van der Waals surface area contributed by atoms with Gasteiger partial charge in [0, 0.05) is 25.3 Å². The van der Waals surface area contributed by atoms with Crippen molar-refractivity contribution in [3.05, 3.63) is 22.8 Å². The monoisotopic (exact) mass is 450 g/mol. The highest BCUT2D eigenvalue weighted by molar-refractivity contribution is 6.33. The average molecular weight is 452 g/mol. The highest BCUT2D eigenvalue weighted by atomic mass is 35.5. The quantitative estimate of drug-likeness (QED) is 0.736. The normalized spacial score (nSPS) is 18.4. The van der Waals surface area contributed by atoms with Gasteiger partial charge in [-0.25, -0.2) is 4.98 Å². The number of rotatable bonds is 3. The minimum Gasteiger partial charge on any atom is -0.353 e. The standard InChI is InChI=1S/C16H22ClF3N4O.2ClH/c1-15(2,3)12(21)14(25)23-10-4-5-24(8-10)13-11(17)6-9(7-22-13)16(18,19)20;;/h6-7,10,12H,4-5,8,21H2,1-3H3,(H,23,25);2*1H/t10?,12-;;/m1../s1. The Bertz CT molecular complexity index is 653. The van der Waals surface area contributed by atoms with Crippen molar-refractivity contribution in [1.29, 1.82) is 0 Å². The molecule has 1 saturated heterocycles. The summed E-state index contributed by atoms with van der Waals surface area (Å²) in [5, 5.41) is 2.82. The number of carbonyl (C=O) groups excluding carboxylic acids is 1. The molecule has 11 heteroatoms. The number of pyridine rings is 1. The summed E-state index contributed by atoms with van der Waals surface area (Å²) in [5.74, 6) is 0.0392. The van der Waals surface area contributed by atoms with Gasteiger partial charge in [-0.15, -0.1) is 24.8 Å². The first-order valence-corrected chi connectivity index (χ1v) is 8.31. The van der Waals surface area contributed by atoms with Crippen LogP contribution in [0.15, 0.2) is 12.3 Å². The van der Waals surface area contributed by atoms with Crippen molar-refractivity contribution in [1.82, 2.24) is 10.3 Å². The van der Waals surface area contributed by atoms with Gasteiger partial charge in [0.1, 0.15) is 5.82 Å². The minimum atomic E-state index is -4.49.